The summed E-state index contributed by atoms with van der Waals surface area (Å²) in [7, 11) is 0. The fraction of sp³-hybridized carbons (Fsp3) is 0.750. The van der Waals surface area contributed by atoms with Crippen LogP contribution in [-0.4, -0.2) is 51.7 Å². The summed E-state index contributed by atoms with van der Waals surface area (Å²) in [6.45, 7) is 1.78. The smallest absolute Gasteiger partial charge is 1.00 e. The Hall–Kier alpha value is -0.540. The first kappa shape index (κ1) is 26.5. The van der Waals surface area contributed by atoms with Crippen LogP contribution in [0.3, 0.4) is 0 Å². The summed E-state index contributed by atoms with van der Waals surface area (Å²) in [6.07, 6.45) is 0.0488. The van der Waals surface area contributed by atoms with Gasteiger partial charge in [-0.3, -0.25) is 4.79 Å². The minimum atomic E-state index is -3.27. The van der Waals surface area contributed by atoms with Crippen LogP contribution in [0.4, 0.5) is 13.2 Å². The van der Waals surface area contributed by atoms with E-state index in [1.54, 1.807) is 6.92 Å². The molecule has 0 amide bonds. The number of aliphatic hydroxyl groups is 2. The largest absolute Gasteiger partial charge is 1.00 e. The van der Waals surface area contributed by atoms with Crippen molar-refractivity contribution in [3.05, 3.63) is 24.0 Å². The zero-order valence-electron chi connectivity index (χ0n) is 17.9. The molecule has 2 fully saturated rings. The van der Waals surface area contributed by atoms with Crippen LogP contribution in [0.15, 0.2) is 24.0 Å². The topological polar surface area (TPSA) is 87.0 Å². The van der Waals surface area contributed by atoms with Crippen molar-refractivity contribution >= 4 is 5.97 Å². The molecule has 1 unspecified atom stereocenters. The molecule has 1 saturated carbocycles. The van der Waals surface area contributed by atoms with E-state index < -0.39 is 54.6 Å². The van der Waals surface area contributed by atoms with E-state index in [1.807, 2.05) is 0 Å². The summed E-state index contributed by atoms with van der Waals surface area (Å²) in [4.78, 5) is 10.5. The Morgan fingerprint density at radius 3 is 2.72 bits per heavy atom. The molecule has 0 aromatic carbocycles. The second-order valence-corrected chi connectivity index (χ2v) is 7.60. The molecule has 0 aromatic rings. The van der Waals surface area contributed by atoms with Gasteiger partial charge in [0.25, 0.3) is 5.92 Å². The minimum absolute atomic E-state index is 0. The van der Waals surface area contributed by atoms with Crippen LogP contribution in [0, 0.1) is 11.8 Å². The predicted octanol–water partition coefficient (Wildman–Crippen LogP) is 0.718. The maximum Gasteiger partial charge on any atom is 1.00 e. The number of unbranched alkanes of at least 4 members (excludes halogenated alkanes) is 2. The van der Waals surface area contributed by atoms with E-state index >= 15 is 0 Å². The number of alkyl halides is 3. The monoisotopic (exact) mass is 430 g/mol. The Labute approximate surface area is 192 Å². The van der Waals surface area contributed by atoms with Crippen molar-refractivity contribution in [2.75, 3.05) is 0 Å². The van der Waals surface area contributed by atoms with Crippen molar-refractivity contribution in [3.63, 3.8) is 0 Å². The van der Waals surface area contributed by atoms with Crippen molar-refractivity contribution in [2.24, 2.45) is 11.8 Å². The second-order valence-electron chi connectivity index (χ2n) is 7.60. The molecular formula is C20H30F3NaO5. The Morgan fingerprint density at radius 1 is 1.41 bits per heavy atom. The van der Waals surface area contributed by atoms with Crippen LogP contribution in [-0.2, 0) is 9.53 Å². The number of allylic oxidation sites excluding steroid dienone is 2. The van der Waals surface area contributed by atoms with Gasteiger partial charge >= 0.3 is 35.5 Å². The van der Waals surface area contributed by atoms with E-state index in [0.29, 0.717) is 19.3 Å². The normalized spacial score (nSPS) is 31.5. The number of fused-ring (bicyclic) bond motifs is 1. The second kappa shape index (κ2) is 11.7. The van der Waals surface area contributed by atoms with E-state index in [1.165, 1.54) is 12.2 Å². The third-order valence-corrected chi connectivity index (χ3v) is 5.44. The number of carboxylic acids is 1. The molecule has 1 aliphatic carbocycles. The molecular weight excluding hydrogens is 400 g/mol. The maximum atomic E-state index is 14.8. The van der Waals surface area contributed by atoms with Gasteiger partial charge in [-0.05, 0) is 25.3 Å². The number of rotatable bonds is 10. The zero-order chi connectivity index (χ0) is 20.9. The van der Waals surface area contributed by atoms with Crippen LogP contribution < -0.4 is 29.6 Å². The van der Waals surface area contributed by atoms with Gasteiger partial charge in [-0.15, -0.1) is 0 Å². The van der Waals surface area contributed by atoms with Crippen molar-refractivity contribution in [1.82, 2.24) is 0 Å². The standard InChI is InChI=1S/C20H29F3O5.Na.H/c1-2-3-10-20(22,23)16(25)9-8-12-13(24)11-15-18(12)19(21)14(28-15)6-4-5-7-17(26)27;;/h6,8-9,12-13,15-16,18-19,24-25H,2-5,7,10-11H2,1H3,(H,26,27);;/q;+1;-1/b9-8+,14-6-;;/t12-,13+,15-,16+,18+,19?;;/m0../s1. The SMILES string of the molecule is CCCCC(F)(F)[C@H](O)/C=C/[C@@H]1[C@H]2C(F)/C(=C/CCCC(=O)O)O[C@H]2C[C@H]1O.[H-].[Na+]. The van der Waals surface area contributed by atoms with Crippen LogP contribution in [0.25, 0.3) is 0 Å². The molecule has 1 aliphatic heterocycles. The van der Waals surface area contributed by atoms with E-state index in [2.05, 4.69) is 0 Å². The molecule has 1 heterocycles. The van der Waals surface area contributed by atoms with Crippen LogP contribution in [0.2, 0.25) is 0 Å². The molecule has 3 N–H and O–H groups in total. The van der Waals surface area contributed by atoms with Crippen molar-refractivity contribution in [2.45, 2.75) is 82.3 Å². The molecule has 2 aliphatic rings. The first-order valence-electron chi connectivity index (χ1n) is 9.82. The first-order chi connectivity index (χ1) is 13.2. The molecule has 9 heteroatoms. The van der Waals surface area contributed by atoms with Gasteiger partial charge in [0, 0.05) is 31.1 Å². The molecule has 0 radical (unpaired) electrons. The Balaban J connectivity index is 0.00000420. The first-order valence-corrected chi connectivity index (χ1v) is 9.82. The average molecular weight is 430 g/mol. The number of aliphatic carboxylic acids is 1. The quantitative estimate of drug-likeness (QED) is 0.270. The maximum absolute atomic E-state index is 14.8. The van der Waals surface area contributed by atoms with Crippen molar-refractivity contribution in [3.8, 4) is 0 Å². The number of carboxylic acid groups (broad SMARTS) is 1. The third-order valence-electron chi connectivity index (χ3n) is 5.44. The fourth-order valence-corrected chi connectivity index (χ4v) is 3.85. The van der Waals surface area contributed by atoms with Gasteiger partial charge in [0.05, 0.1) is 6.10 Å². The average Bonchev–Trinajstić information content (AvgIpc) is 3.09. The van der Waals surface area contributed by atoms with Gasteiger partial charge in [-0.1, -0.05) is 25.5 Å². The number of halogens is 3. The van der Waals surface area contributed by atoms with Gasteiger partial charge in [-0.2, -0.15) is 0 Å². The summed E-state index contributed by atoms with van der Waals surface area (Å²) in [5.41, 5.74) is 0. The number of hydrogen-bond acceptors (Lipinski definition) is 4. The van der Waals surface area contributed by atoms with E-state index in [0.717, 1.165) is 6.08 Å². The van der Waals surface area contributed by atoms with Crippen molar-refractivity contribution in [1.29, 1.82) is 0 Å². The third kappa shape index (κ3) is 6.99. The molecule has 6 atom stereocenters. The summed E-state index contributed by atoms with van der Waals surface area (Å²) in [6, 6.07) is 0. The van der Waals surface area contributed by atoms with Crippen LogP contribution in [0.1, 0.15) is 53.3 Å². The van der Waals surface area contributed by atoms with E-state index in [9.17, 15) is 28.2 Å². The van der Waals surface area contributed by atoms with Gasteiger partial charge in [0.2, 0.25) is 0 Å². The Morgan fingerprint density at radius 2 is 2.10 bits per heavy atom. The Kier molecular flexibility index (Phi) is 10.7. The summed E-state index contributed by atoms with van der Waals surface area (Å²) in [5, 5.41) is 28.6. The summed E-state index contributed by atoms with van der Waals surface area (Å²) in [5.74, 6) is -5.54. The number of carbonyl (C=O) groups is 1. The number of hydrogen-bond donors (Lipinski definition) is 3. The number of ether oxygens (including phenoxy) is 1. The van der Waals surface area contributed by atoms with E-state index in [4.69, 9.17) is 9.84 Å². The molecule has 5 nitrogen and oxygen atoms in total. The number of aliphatic hydroxyl groups excluding tert-OH is 2. The minimum Gasteiger partial charge on any atom is -1.00 e. The zero-order valence-corrected chi connectivity index (χ0v) is 18.9. The van der Waals surface area contributed by atoms with Crippen LogP contribution in [0.5, 0.6) is 0 Å². The van der Waals surface area contributed by atoms with Crippen LogP contribution >= 0.6 is 0 Å². The fourth-order valence-electron chi connectivity index (χ4n) is 3.85. The van der Waals surface area contributed by atoms with Gasteiger partial charge in [0.15, 0.2) is 6.17 Å². The summed E-state index contributed by atoms with van der Waals surface area (Å²) >= 11 is 0. The molecule has 2 rings (SSSR count). The molecule has 162 valence electrons. The molecule has 0 bridgehead atoms. The molecule has 0 spiro atoms. The predicted molar refractivity (Wildman–Crippen MR) is 97.7 cm³/mol. The van der Waals surface area contributed by atoms with Gasteiger partial charge < -0.3 is 21.5 Å². The Bertz CT molecular complexity index is 605. The van der Waals surface area contributed by atoms with E-state index in [-0.39, 0.29) is 56.0 Å². The molecule has 1 saturated heterocycles. The van der Waals surface area contributed by atoms with Crippen molar-refractivity contribution < 1.29 is 69.0 Å². The van der Waals surface area contributed by atoms with Gasteiger partial charge in [-0.25, -0.2) is 13.2 Å². The summed E-state index contributed by atoms with van der Waals surface area (Å²) < 4.78 is 48.2. The molecule has 29 heavy (non-hydrogen) atoms. The molecule has 0 aromatic heterocycles. The van der Waals surface area contributed by atoms with Gasteiger partial charge in [0.1, 0.15) is 18.0 Å².